The van der Waals surface area contributed by atoms with E-state index in [0.717, 1.165) is 6.42 Å². The van der Waals surface area contributed by atoms with Crippen molar-refractivity contribution in [1.29, 1.82) is 0 Å². The van der Waals surface area contributed by atoms with Gasteiger partial charge in [0.15, 0.2) is 6.10 Å². The summed E-state index contributed by atoms with van der Waals surface area (Å²) in [4.78, 5) is 24.4. The highest BCUT2D eigenvalue weighted by Crippen LogP contribution is 2.10. The molecule has 2 amide bonds. The van der Waals surface area contributed by atoms with Crippen LogP contribution in [0.5, 0.6) is 0 Å². The monoisotopic (exact) mass is 298 g/mol. The number of urea groups is 1. The lowest BCUT2D eigenvalue weighted by atomic mass is 10.1. The summed E-state index contributed by atoms with van der Waals surface area (Å²) in [6.45, 7) is 2.70. The first-order valence-electron chi connectivity index (χ1n) is 6.47. The molecule has 1 fully saturated rings. The molecule has 0 bridgehead atoms. The molecule has 6 nitrogen and oxygen atoms in total. The van der Waals surface area contributed by atoms with Crippen LogP contribution in [0.1, 0.15) is 12.5 Å². The van der Waals surface area contributed by atoms with Crippen molar-refractivity contribution in [2.24, 2.45) is 0 Å². The fourth-order valence-electron chi connectivity index (χ4n) is 2.10. The maximum atomic E-state index is 12.1. The molecule has 2 atom stereocenters. The molecule has 2 rings (SSSR count). The Morgan fingerprint density at radius 1 is 1.65 bits per heavy atom. The number of nitrogens with one attached hydrogen (secondary N) is 1. The van der Waals surface area contributed by atoms with Gasteiger partial charge in [-0.2, -0.15) is 11.3 Å². The van der Waals surface area contributed by atoms with Gasteiger partial charge in [-0.15, -0.1) is 0 Å². The van der Waals surface area contributed by atoms with Crippen LogP contribution in [0.3, 0.4) is 0 Å². The van der Waals surface area contributed by atoms with Gasteiger partial charge in [-0.1, -0.05) is 0 Å². The van der Waals surface area contributed by atoms with Crippen LogP contribution < -0.4 is 5.32 Å². The first kappa shape index (κ1) is 14.8. The highest BCUT2D eigenvalue weighted by molar-refractivity contribution is 7.07. The zero-order valence-corrected chi connectivity index (χ0v) is 12.1. The van der Waals surface area contributed by atoms with Gasteiger partial charge >= 0.3 is 12.0 Å². The second-order valence-corrected chi connectivity index (χ2v) is 5.61. The summed E-state index contributed by atoms with van der Waals surface area (Å²) in [5.41, 5.74) is 1.19. The van der Waals surface area contributed by atoms with Crippen LogP contribution >= 0.6 is 11.3 Å². The summed E-state index contributed by atoms with van der Waals surface area (Å²) in [6, 6.07) is 1.80. The Morgan fingerprint density at radius 3 is 3.10 bits per heavy atom. The van der Waals surface area contributed by atoms with Crippen molar-refractivity contribution >= 4 is 23.3 Å². The Morgan fingerprint density at radius 2 is 2.45 bits per heavy atom. The van der Waals surface area contributed by atoms with Gasteiger partial charge in [-0.3, -0.25) is 0 Å². The average molecular weight is 298 g/mol. The molecule has 1 aliphatic heterocycles. The average Bonchev–Trinajstić information content (AvgIpc) is 2.91. The summed E-state index contributed by atoms with van der Waals surface area (Å²) in [6.07, 6.45) is -0.163. The number of rotatable bonds is 4. The largest absolute Gasteiger partial charge is 0.479 e. The third-order valence-corrected chi connectivity index (χ3v) is 3.85. The van der Waals surface area contributed by atoms with Gasteiger partial charge in [0.25, 0.3) is 0 Å². The van der Waals surface area contributed by atoms with Crippen LogP contribution in [0.15, 0.2) is 16.8 Å². The maximum absolute atomic E-state index is 12.1. The minimum absolute atomic E-state index is 0.00298. The van der Waals surface area contributed by atoms with E-state index in [4.69, 9.17) is 9.84 Å². The van der Waals surface area contributed by atoms with E-state index in [1.54, 1.807) is 11.3 Å². The molecule has 110 valence electrons. The summed E-state index contributed by atoms with van der Waals surface area (Å²) in [5, 5.41) is 15.9. The number of aliphatic carboxylic acids is 1. The number of thiophene rings is 1. The van der Waals surface area contributed by atoms with E-state index in [1.807, 2.05) is 18.4 Å². The standard InChI is InChI=1S/C13H18N2O4S/c1-9(6-10-2-5-20-8-10)14-13(18)15-3-4-19-11(7-15)12(16)17/h2,5,8-9,11H,3-4,6-7H2,1H3,(H,14,18)(H,16,17). The van der Waals surface area contributed by atoms with Crippen LogP contribution in [-0.4, -0.2) is 53.8 Å². The molecular formula is C13H18N2O4S. The van der Waals surface area contributed by atoms with Crippen molar-refractivity contribution in [3.8, 4) is 0 Å². The predicted molar refractivity (Wildman–Crippen MR) is 75.0 cm³/mol. The van der Waals surface area contributed by atoms with E-state index in [1.165, 1.54) is 10.5 Å². The van der Waals surface area contributed by atoms with Gasteiger partial charge in [0.2, 0.25) is 0 Å². The van der Waals surface area contributed by atoms with Crippen molar-refractivity contribution in [2.45, 2.75) is 25.5 Å². The quantitative estimate of drug-likeness (QED) is 0.874. The fourth-order valence-corrected chi connectivity index (χ4v) is 2.78. The number of carbonyl (C=O) groups excluding carboxylic acids is 1. The van der Waals surface area contributed by atoms with E-state index in [2.05, 4.69) is 10.7 Å². The van der Waals surface area contributed by atoms with Crippen LogP contribution in [0.4, 0.5) is 4.79 Å². The smallest absolute Gasteiger partial charge is 0.334 e. The van der Waals surface area contributed by atoms with Crippen LogP contribution in [-0.2, 0) is 16.0 Å². The topological polar surface area (TPSA) is 78.9 Å². The van der Waals surface area contributed by atoms with Crippen LogP contribution in [0.25, 0.3) is 0 Å². The molecule has 0 spiro atoms. The van der Waals surface area contributed by atoms with E-state index < -0.39 is 12.1 Å². The van der Waals surface area contributed by atoms with Gasteiger partial charge in [0.05, 0.1) is 13.2 Å². The number of morpholine rings is 1. The second kappa shape index (κ2) is 6.71. The van der Waals surface area contributed by atoms with Gasteiger partial charge in [-0.25, -0.2) is 9.59 Å². The number of ether oxygens (including phenoxy) is 1. The van der Waals surface area contributed by atoms with Crippen molar-refractivity contribution in [3.63, 3.8) is 0 Å². The normalized spacial score (nSPS) is 20.4. The molecule has 0 saturated carbocycles. The summed E-state index contributed by atoms with van der Waals surface area (Å²) < 4.78 is 5.09. The van der Waals surface area contributed by atoms with Gasteiger partial charge in [-0.05, 0) is 35.7 Å². The Bertz CT molecular complexity index is 463. The lowest BCUT2D eigenvalue weighted by Gasteiger charge is -2.31. The molecule has 20 heavy (non-hydrogen) atoms. The summed E-state index contributed by atoms with van der Waals surface area (Å²) in [5.74, 6) is -1.03. The minimum Gasteiger partial charge on any atom is -0.479 e. The Hall–Kier alpha value is -1.60. The maximum Gasteiger partial charge on any atom is 0.334 e. The third kappa shape index (κ3) is 3.94. The molecule has 2 N–H and O–H groups in total. The van der Waals surface area contributed by atoms with Crippen molar-refractivity contribution in [1.82, 2.24) is 10.2 Å². The van der Waals surface area contributed by atoms with E-state index >= 15 is 0 Å². The SMILES string of the molecule is CC(Cc1ccsc1)NC(=O)N1CCOC(C(=O)O)C1. The number of nitrogens with zero attached hydrogens (tertiary/aromatic N) is 1. The van der Waals surface area contributed by atoms with E-state index in [-0.39, 0.29) is 25.2 Å². The van der Waals surface area contributed by atoms with Crippen LogP contribution in [0.2, 0.25) is 0 Å². The number of carboxylic acids is 1. The predicted octanol–water partition coefficient (Wildman–Crippen LogP) is 1.17. The minimum atomic E-state index is -1.03. The zero-order chi connectivity index (χ0) is 14.5. The Kier molecular flexibility index (Phi) is 4.97. The summed E-state index contributed by atoms with van der Waals surface area (Å²) in [7, 11) is 0. The van der Waals surface area contributed by atoms with Crippen LogP contribution in [0, 0.1) is 0 Å². The van der Waals surface area contributed by atoms with Crippen molar-refractivity contribution in [2.75, 3.05) is 19.7 Å². The fraction of sp³-hybridized carbons (Fsp3) is 0.538. The first-order valence-corrected chi connectivity index (χ1v) is 7.41. The van der Waals surface area contributed by atoms with Gasteiger partial charge in [0, 0.05) is 12.6 Å². The molecule has 1 aromatic rings. The second-order valence-electron chi connectivity index (χ2n) is 4.83. The molecule has 0 aromatic carbocycles. The van der Waals surface area contributed by atoms with Crippen molar-refractivity contribution in [3.05, 3.63) is 22.4 Å². The van der Waals surface area contributed by atoms with Gasteiger partial charge < -0.3 is 20.1 Å². The number of amides is 2. The lowest BCUT2D eigenvalue weighted by Crippen LogP contribution is -2.53. The molecule has 0 radical (unpaired) electrons. The van der Waals surface area contributed by atoms with Crippen molar-refractivity contribution < 1.29 is 19.4 Å². The number of carbonyl (C=O) groups is 2. The Labute approximate surface area is 121 Å². The highest BCUT2D eigenvalue weighted by Gasteiger charge is 2.29. The molecule has 2 heterocycles. The molecule has 1 aliphatic rings. The number of hydrogen-bond acceptors (Lipinski definition) is 4. The zero-order valence-electron chi connectivity index (χ0n) is 11.2. The molecule has 7 heteroatoms. The lowest BCUT2D eigenvalue weighted by molar-refractivity contribution is -0.154. The number of carboxylic acid groups (broad SMARTS) is 1. The van der Waals surface area contributed by atoms with E-state index in [9.17, 15) is 9.59 Å². The molecular weight excluding hydrogens is 280 g/mol. The first-order chi connectivity index (χ1) is 9.56. The summed E-state index contributed by atoms with van der Waals surface area (Å²) >= 11 is 1.63. The molecule has 0 aliphatic carbocycles. The van der Waals surface area contributed by atoms with E-state index in [0.29, 0.717) is 6.54 Å². The number of hydrogen-bond donors (Lipinski definition) is 2. The Balaban J connectivity index is 1.83. The van der Waals surface area contributed by atoms with Gasteiger partial charge in [0.1, 0.15) is 0 Å². The molecule has 1 aromatic heterocycles. The third-order valence-electron chi connectivity index (χ3n) is 3.12. The molecule has 1 saturated heterocycles. The molecule has 2 unspecified atom stereocenters. The highest BCUT2D eigenvalue weighted by atomic mass is 32.1.